The molecule has 2 bridgehead atoms. The molecule has 0 radical (unpaired) electrons. The number of hydrogen-bond acceptors (Lipinski definition) is 4. The smallest absolute Gasteiger partial charge is 0.241 e. The molecule has 2 aliphatic heterocycles. The van der Waals surface area contributed by atoms with Gasteiger partial charge in [0.1, 0.15) is 0 Å². The quantitative estimate of drug-likeness (QED) is 0.730. The molecule has 2 aliphatic rings. The number of benzene rings is 1. The number of hydrogen-bond donors (Lipinski definition) is 3. The summed E-state index contributed by atoms with van der Waals surface area (Å²) in [5.41, 5.74) is 0. The minimum absolute atomic E-state index is 0.0893. The second kappa shape index (κ2) is 7.00. The molecule has 1 aromatic rings. The van der Waals surface area contributed by atoms with Gasteiger partial charge >= 0.3 is 0 Å². The Kier molecular flexibility index (Phi) is 5.15. The Bertz CT molecular complexity index is 696. The SMILES string of the molecule is CC(NS(=O)(=O)c1ccc(Cl)cc1)C(=O)NC1CC2CCC(C1)N2. The Morgan fingerprint density at radius 2 is 1.79 bits per heavy atom. The molecule has 1 amide bonds. The molecule has 3 atom stereocenters. The van der Waals surface area contributed by atoms with Crippen LogP contribution < -0.4 is 15.4 Å². The molecular formula is C16H22ClN3O3S. The molecule has 0 saturated carbocycles. The van der Waals surface area contributed by atoms with E-state index in [0.717, 1.165) is 25.7 Å². The van der Waals surface area contributed by atoms with E-state index in [1.165, 1.54) is 24.3 Å². The summed E-state index contributed by atoms with van der Waals surface area (Å²) in [5.74, 6) is -0.293. The third kappa shape index (κ3) is 4.08. The number of halogens is 1. The van der Waals surface area contributed by atoms with E-state index in [1.807, 2.05) is 0 Å². The van der Waals surface area contributed by atoms with Crippen molar-refractivity contribution in [3.8, 4) is 0 Å². The fraction of sp³-hybridized carbons (Fsp3) is 0.562. The second-order valence-corrected chi connectivity index (χ2v) is 8.76. The molecule has 2 fully saturated rings. The van der Waals surface area contributed by atoms with Gasteiger partial charge in [0.25, 0.3) is 0 Å². The van der Waals surface area contributed by atoms with Gasteiger partial charge in [-0.2, -0.15) is 4.72 Å². The fourth-order valence-corrected chi connectivity index (χ4v) is 4.80. The van der Waals surface area contributed by atoms with Crippen molar-refractivity contribution in [2.75, 3.05) is 0 Å². The van der Waals surface area contributed by atoms with Gasteiger partial charge in [0.05, 0.1) is 10.9 Å². The maximum absolute atomic E-state index is 12.3. The molecule has 24 heavy (non-hydrogen) atoms. The molecule has 1 aromatic carbocycles. The summed E-state index contributed by atoms with van der Waals surface area (Å²) in [7, 11) is -3.75. The Morgan fingerprint density at radius 1 is 1.21 bits per heavy atom. The first-order valence-electron chi connectivity index (χ1n) is 8.18. The van der Waals surface area contributed by atoms with Gasteiger partial charge in [-0.3, -0.25) is 4.79 Å². The number of sulfonamides is 1. The van der Waals surface area contributed by atoms with Gasteiger partial charge in [0.15, 0.2) is 0 Å². The van der Waals surface area contributed by atoms with Gasteiger partial charge in [-0.05, 0) is 56.9 Å². The van der Waals surface area contributed by atoms with Crippen molar-refractivity contribution in [3.05, 3.63) is 29.3 Å². The van der Waals surface area contributed by atoms with Crippen LogP contribution in [0.3, 0.4) is 0 Å². The van der Waals surface area contributed by atoms with E-state index in [-0.39, 0.29) is 16.8 Å². The number of carbonyl (C=O) groups is 1. The number of fused-ring (bicyclic) bond motifs is 2. The lowest BCUT2D eigenvalue weighted by Gasteiger charge is -2.30. The zero-order valence-electron chi connectivity index (χ0n) is 13.5. The Morgan fingerprint density at radius 3 is 2.38 bits per heavy atom. The average Bonchev–Trinajstić information content (AvgIpc) is 2.86. The minimum atomic E-state index is -3.75. The lowest BCUT2D eigenvalue weighted by Crippen LogP contribution is -2.52. The summed E-state index contributed by atoms with van der Waals surface area (Å²) in [4.78, 5) is 12.4. The van der Waals surface area contributed by atoms with Crippen LogP contribution in [0.15, 0.2) is 29.2 Å². The molecule has 2 heterocycles. The summed E-state index contributed by atoms with van der Waals surface area (Å²) in [5, 5.41) is 6.95. The molecule has 0 aromatic heterocycles. The molecule has 0 aliphatic carbocycles. The average molecular weight is 372 g/mol. The van der Waals surface area contributed by atoms with E-state index in [1.54, 1.807) is 6.92 Å². The van der Waals surface area contributed by atoms with Gasteiger partial charge in [-0.25, -0.2) is 8.42 Å². The lowest BCUT2D eigenvalue weighted by atomic mass is 9.99. The third-order valence-electron chi connectivity index (χ3n) is 4.67. The van der Waals surface area contributed by atoms with Crippen LogP contribution >= 0.6 is 11.6 Å². The van der Waals surface area contributed by atoms with Crippen LogP contribution in [0.5, 0.6) is 0 Å². The summed E-state index contributed by atoms with van der Waals surface area (Å²) in [6.45, 7) is 1.55. The standard InChI is InChI=1S/C16H22ClN3O3S/c1-10(20-24(22,23)15-6-2-11(17)3-7-15)16(21)19-14-8-12-4-5-13(9-14)18-12/h2-3,6-7,10,12-14,18,20H,4-5,8-9H2,1H3,(H,19,21). The van der Waals surface area contributed by atoms with Gasteiger partial charge < -0.3 is 10.6 Å². The van der Waals surface area contributed by atoms with Crippen molar-refractivity contribution in [2.24, 2.45) is 0 Å². The van der Waals surface area contributed by atoms with Crippen LogP contribution in [0.2, 0.25) is 5.02 Å². The van der Waals surface area contributed by atoms with Crippen LogP contribution in [0.25, 0.3) is 0 Å². The second-order valence-electron chi connectivity index (χ2n) is 6.61. The summed E-state index contributed by atoms with van der Waals surface area (Å²) in [6, 6.07) is 6.05. The van der Waals surface area contributed by atoms with Crippen LogP contribution in [0.4, 0.5) is 0 Å². The van der Waals surface area contributed by atoms with Gasteiger partial charge in [0.2, 0.25) is 15.9 Å². The van der Waals surface area contributed by atoms with E-state index in [9.17, 15) is 13.2 Å². The monoisotopic (exact) mass is 371 g/mol. The largest absolute Gasteiger partial charge is 0.352 e. The topological polar surface area (TPSA) is 87.3 Å². The molecule has 0 spiro atoms. The van der Waals surface area contributed by atoms with Crippen LogP contribution in [0.1, 0.15) is 32.6 Å². The van der Waals surface area contributed by atoms with Crippen molar-refractivity contribution < 1.29 is 13.2 Å². The normalized spacial score (nSPS) is 27.7. The summed E-state index contributed by atoms with van der Waals surface area (Å²) >= 11 is 5.77. The first-order valence-corrected chi connectivity index (χ1v) is 10.0. The lowest BCUT2D eigenvalue weighted by molar-refractivity contribution is -0.123. The van der Waals surface area contributed by atoms with Gasteiger partial charge in [-0.15, -0.1) is 0 Å². The summed E-state index contributed by atoms with van der Waals surface area (Å²) in [6.07, 6.45) is 4.10. The van der Waals surface area contributed by atoms with Crippen LogP contribution in [-0.4, -0.2) is 38.5 Å². The molecule has 6 nitrogen and oxygen atoms in total. The van der Waals surface area contributed by atoms with Gasteiger partial charge in [0, 0.05) is 23.1 Å². The number of nitrogens with one attached hydrogen (secondary N) is 3. The number of amides is 1. The molecule has 2 saturated heterocycles. The van der Waals surface area contributed by atoms with Crippen molar-refractivity contribution in [1.82, 2.24) is 15.4 Å². The highest BCUT2D eigenvalue weighted by Crippen LogP contribution is 2.26. The highest BCUT2D eigenvalue weighted by atomic mass is 35.5. The van der Waals surface area contributed by atoms with E-state index in [2.05, 4.69) is 15.4 Å². The zero-order valence-corrected chi connectivity index (χ0v) is 15.0. The van der Waals surface area contributed by atoms with E-state index in [4.69, 9.17) is 11.6 Å². The van der Waals surface area contributed by atoms with Crippen molar-refractivity contribution >= 4 is 27.5 Å². The highest BCUT2D eigenvalue weighted by molar-refractivity contribution is 7.89. The highest BCUT2D eigenvalue weighted by Gasteiger charge is 2.34. The molecule has 3 unspecified atom stereocenters. The Hall–Kier alpha value is -1.15. The zero-order chi connectivity index (χ0) is 17.3. The van der Waals surface area contributed by atoms with Crippen molar-refractivity contribution in [1.29, 1.82) is 0 Å². The van der Waals surface area contributed by atoms with E-state index >= 15 is 0 Å². The van der Waals surface area contributed by atoms with E-state index in [0.29, 0.717) is 17.1 Å². The van der Waals surface area contributed by atoms with E-state index < -0.39 is 16.1 Å². The van der Waals surface area contributed by atoms with Crippen molar-refractivity contribution in [3.63, 3.8) is 0 Å². The summed E-state index contributed by atoms with van der Waals surface area (Å²) < 4.78 is 27.1. The number of piperidine rings is 1. The molecule has 3 rings (SSSR count). The minimum Gasteiger partial charge on any atom is -0.352 e. The number of carbonyl (C=O) groups excluding carboxylic acids is 1. The Balaban J connectivity index is 1.58. The third-order valence-corrected chi connectivity index (χ3v) is 6.48. The molecule has 132 valence electrons. The maximum Gasteiger partial charge on any atom is 0.241 e. The van der Waals surface area contributed by atoms with Gasteiger partial charge in [-0.1, -0.05) is 11.6 Å². The number of rotatable bonds is 5. The maximum atomic E-state index is 12.3. The fourth-order valence-electron chi connectivity index (χ4n) is 3.47. The first kappa shape index (κ1) is 17.7. The molecule has 8 heteroatoms. The molecular weight excluding hydrogens is 350 g/mol. The van der Waals surface area contributed by atoms with Crippen LogP contribution in [-0.2, 0) is 14.8 Å². The first-order chi connectivity index (χ1) is 11.3. The molecule has 3 N–H and O–H groups in total. The predicted octanol–water partition coefficient (Wildman–Crippen LogP) is 1.41. The van der Waals surface area contributed by atoms with Crippen molar-refractivity contribution in [2.45, 2.75) is 61.7 Å². The predicted molar refractivity (Wildman–Crippen MR) is 92.3 cm³/mol. The Labute approximate surface area is 147 Å². The van der Waals surface area contributed by atoms with Crippen LogP contribution in [0, 0.1) is 0 Å².